The first-order valence-corrected chi connectivity index (χ1v) is 7.16. The average Bonchev–Trinajstić information content (AvgIpc) is 2.80. The van der Waals surface area contributed by atoms with Crippen molar-refractivity contribution < 1.29 is 9.59 Å². The molecular weight excluding hydrogens is 262 g/mol. The van der Waals surface area contributed by atoms with Gasteiger partial charge in [0.2, 0.25) is 5.91 Å². The van der Waals surface area contributed by atoms with Gasteiger partial charge in [0, 0.05) is 10.9 Å². The van der Waals surface area contributed by atoms with E-state index in [1.165, 1.54) is 11.3 Å². The molecule has 1 rings (SSSR count). The van der Waals surface area contributed by atoms with Gasteiger partial charge in [-0.2, -0.15) is 0 Å². The molecule has 0 saturated heterocycles. The molecule has 4 N–H and O–H groups in total. The van der Waals surface area contributed by atoms with E-state index in [9.17, 15) is 9.59 Å². The number of hydrogen-bond donors (Lipinski definition) is 3. The Morgan fingerprint density at radius 2 is 2.00 bits per heavy atom. The molecule has 5 nitrogen and oxygen atoms in total. The fourth-order valence-electron chi connectivity index (χ4n) is 1.55. The Hall–Kier alpha value is -1.56. The lowest BCUT2D eigenvalue weighted by molar-refractivity contribution is -0.122. The van der Waals surface area contributed by atoms with Gasteiger partial charge >= 0.3 is 6.03 Å². The summed E-state index contributed by atoms with van der Waals surface area (Å²) < 4.78 is 0. The van der Waals surface area contributed by atoms with Crippen LogP contribution in [-0.4, -0.2) is 18.0 Å². The van der Waals surface area contributed by atoms with Crippen LogP contribution >= 0.6 is 11.3 Å². The summed E-state index contributed by atoms with van der Waals surface area (Å²) in [5.74, 6) is 0.279. The summed E-state index contributed by atoms with van der Waals surface area (Å²) in [5.41, 5.74) is 5.15. The first-order valence-electron chi connectivity index (χ1n) is 6.29. The Balaban J connectivity index is 2.63. The molecule has 3 amide bonds. The number of primary amides is 1. The molecule has 6 heteroatoms. The van der Waals surface area contributed by atoms with Crippen molar-refractivity contribution in [1.82, 2.24) is 10.6 Å². The second kappa shape index (κ2) is 7.13. The van der Waals surface area contributed by atoms with Crippen LogP contribution < -0.4 is 16.4 Å². The van der Waals surface area contributed by atoms with Gasteiger partial charge in [0.25, 0.3) is 0 Å². The number of carbonyl (C=O) groups excluding carboxylic acids is 2. The van der Waals surface area contributed by atoms with Gasteiger partial charge in [0.1, 0.15) is 0 Å². The Morgan fingerprint density at radius 3 is 2.47 bits per heavy atom. The second-order valence-corrected chi connectivity index (χ2v) is 5.86. The van der Waals surface area contributed by atoms with Gasteiger partial charge in [-0.25, -0.2) is 4.79 Å². The van der Waals surface area contributed by atoms with Gasteiger partial charge < -0.3 is 16.4 Å². The molecule has 1 aromatic rings. The third kappa shape index (κ3) is 5.30. The van der Waals surface area contributed by atoms with Gasteiger partial charge in [-0.3, -0.25) is 4.79 Å². The largest absolute Gasteiger partial charge is 0.353 e. The molecule has 0 aromatic carbocycles. The number of nitrogens with one attached hydrogen (secondary N) is 2. The van der Waals surface area contributed by atoms with Crippen LogP contribution in [0.15, 0.2) is 17.5 Å². The van der Waals surface area contributed by atoms with E-state index in [0.29, 0.717) is 5.92 Å². The molecule has 106 valence electrons. The van der Waals surface area contributed by atoms with Crippen LogP contribution in [0, 0.1) is 5.92 Å². The smallest absolute Gasteiger partial charge is 0.312 e. The molecule has 0 radical (unpaired) electrons. The normalized spacial score (nSPS) is 13.9. The zero-order chi connectivity index (χ0) is 14.4. The zero-order valence-corrected chi connectivity index (χ0v) is 12.3. The minimum atomic E-state index is -0.622. The number of hydrogen-bond acceptors (Lipinski definition) is 3. The Bertz CT molecular complexity index is 418. The van der Waals surface area contributed by atoms with Crippen LogP contribution in [-0.2, 0) is 4.79 Å². The highest BCUT2D eigenvalue weighted by atomic mass is 32.1. The lowest BCUT2D eigenvalue weighted by Gasteiger charge is -2.20. The summed E-state index contributed by atoms with van der Waals surface area (Å²) in [6.45, 7) is 6.05. The van der Waals surface area contributed by atoms with E-state index in [1.807, 2.05) is 38.3 Å². The highest BCUT2D eigenvalue weighted by Crippen LogP contribution is 2.22. The van der Waals surface area contributed by atoms with E-state index in [0.717, 1.165) is 4.88 Å². The van der Waals surface area contributed by atoms with E-state index in [-0.39, 0.29) is 24.4 Å². The number of urea groups is 1. The second-order valence-electron chi connectivity index (χ2n) is 4.88. The third-order valence-electron chi connectivity index (χ3n) is 2.98. The number of nitrogens with two attached hydrogens (primary N) is 1. The topological polar surface area (TPSA) is 84.2 Å². The van der Waals surface area contributed by atoms with Crippen molar-refractivity contribution in [2.45, 2.75) is 39.3 Å². The first kappa shape index (κ1) is 15.5. The van der Waals surface area contributed by atoms with Gasteiger partial charge in [0.05, 0.1) is 12.5 Å². The Labute approximate surface area is 117 Å². The van der Waals surface area contributed by atoms with Crippen LogP contribution in [0.4, 0.5) is 4.79 Å². The molecule has 19 heavy (non-hydrogen) atoms. The maximum atomic E-state index is 11.9. The fraction of sp³-hybridized carbons (Fsp3) is 0.538. The Morgan fingerprint density at radius 1 is 1.32 bits per heavy atom. The van der Waals surface area contributed by atoms with E-state index < -0.39 is 6.03 Å². The van der Waals surface area contributed by atoms with E-state index in [2.05, 4.69) is 10.6 Å². The lowest BCUT2D eigenvalue weighted by atomic mass is 10.1. The molecule has 1 heterocycles. The maximum Gasteiger partial charge on any atom is 0.312 e. The standard InChI is InChI=1S/C13H21N3O2S/c1-8(2)9(3)15-12(17)7-10(16-13(14)18)11-5-4-6-19-11/h4-6,8-10H,7H2,1-3H3,(H,15,17)(H3,14,16,18)/t9-,10+/m1/s1. The monoisotopic (exact) mass is 283 g/mol. The number of thiophene rings is 1. The van der Waals surface area contributed by atoms with Crippen molar-refractivity contribution >= 4 is 23.3 Å². The maximum absolute atomic E-state index is 11.9. The van der Waals surface area contributed by atoms with E-state index in [1.54, 1.807) is 0 Å². The summed E-state index contributed by atoms with van der Waals surface area (Å²) in [5, 5.41) is 7.43. The Kier molecular flexibility index (Phi) is 5.82. The van der Waals surface area contributed by atoms with E-state index >= 15 is 0 Å². The van der Waals surface area contributed by atoms with Crippen LogP contribution in [0.25, 0.3) is 0 Å². The lowest BCUT2D eigenvalue weighted by Crippen LogP contribution is -2.40. The highest BCUT2D eigenvalue weighted by Gasteiger charge is 2.19. The molecule has 0 spiro atoms. The molecule has 2 atom stereocenters. The van der Waals surface area contributed by atoms with Crippen molar-refractivity contribution in [2.75, 3.05) is 0 Å². The number of amides is 3. The van der Waals surface area contributed by atoms with Crippen LogP contribution in [0.5, 0.6) is 0 Å². The molecule has 0 fully saturated rings. The van der Waals surface area contributed by atoms with Crippen LogP contribution in [0.1, 0.15) is 38.1 Å². The molecule has 0 aliphatic rings. The SMILES string of the molecule is CC(C)[C@@H](C)NC(=O)C[C@H](NC(N)=O)c1cccs1. The van der Waals surface area contributed by atoms with Crippen molar-refractivity contribution in [1.29, 1.82) is 0 Å². The van der Waals surface area contributed by atoms with Crippen molar-refractivity contribution in [3.05, 3.63) is 22.4 Å². The van der Waals surface area contributed by atoms with Crippen LogP contribution in [0.3, 0.4) is 0 Å². The molecular formula is C13H21N3O2S. The summed E-state index contributed by atoms with van der Waals surface area (Å²) in [7, 11) is 0. The van der Waals surface area contributed by atoms with Gasteiger partial charge in [-0.05, 0) is 24.3 Å². The van der Waals surface area contributed by atoms with Gasteiger partial charge in [-0.1, -0.05) is 19.9 Å². The fourth-order valence-corrected chi connectivity index (χ4v) is 2.33. The zero-order valence-electron chi connectivity index (χ0n) is 11.5. The predicted octanol–water partition coefficient (Wildman–Crippen LogP) is 2.01. The highest BCUT2D eigenvalue weighted by molar-refractivity contribution is 7.10. The van der Waals surface area contributed by atoms with Gasteiger partial charge in [0.15, 0.2) is 0 Å². The predicted molar refractivity (Wildman–Crippen MR) is 76.8 cm³/mol. The van der Waals surface area contributed by atoms with Gasteiger partial charge in [-0.15, -0.1) is 11.3 Å². The first-order chi connectivity index (χ1) is 8.90. The third-order valence-corrected chi connectivity index (χ3v) is 3.97. The van der Waals surface area contributed by atoms with Crippen molar-refractivity contribution in [3.63, 3.8) is 0 Å². The molecule has 1 aromatic heterocycles. The van der Waals surface area contributed by atoms with Crippen LogP contribution in [0.2, 0.25) is 0 Å². The molecule has 0 saturated carbocycles. The molecule has 0 bridgehead atoms. The quantitative estimate of drug-likeness (QED) is 0.746. The average molecular weight is 283 g/mol. The molecule has 0 unspecified atom stereocenters. The minimum Gasteiger partial charge on any atom is -0.353 e. The number of carbonyl (C=O) groups is 2. The summed E-state index contributed by atoms with van der Waals surface area (Å²) in [4.78, 5) is 23.9. The van der Waals surface area contributed by atoms with Crippen molar-refractivity contribution in [2.24, 2.45) is 11.7 Å². The summed E-state index contributed by atoms with van der Waals surface area (Å²) >= 11 is 1.49. The van der Waals surface area contributed by atoms with Crippen molar-refractivity contribution in [3.8, 4) is 0 Å². The number of rotatable bonds is 6. The minimum absolute atomic E-state index is 0.0895. The summed E-state index contributed by atoms with van der Waals surface area (Å²) in [6, 6.07) is 2.87. The molecule has 0 aliphatic heterocycles. The molecule has 0 aliphatic carbocycles. The van der Waals surface area contributed by atoms with E-state index in [4.69, 9.17) is 5.73 Å². The summed E-state index contributed by atoms with van der Waals surface area (Å²) in [6.07, 6.45) is 0.195.